The quantitative estimate of drug-likeness (QED) is 0.926. The maximum absolute atomic E-state index is 12.7. The first-order valence-electron chi connectivity index (χ1n) is 6.73. The Morgan fingerprint density at radius 1 is 1.21 bits per heavy atom. The normalized spacial score (nSPS) is 25.2. The molecule has 0 bridgehead atoms. The van der Waals surface area contributed by atoms with Crippen molar-refractivity contribution in [2.75, 3.05) is 25.5 Å². The smallest absolute Gasteiger partial charge is 0.245 e. The SMILES string of the molecule is CNc1ccccc1S(=O)(=O)N1CCC(C)C(C)C1. The summed E-state index contributed by atoms with van der Waals surface area (Å²) in [6.07, 6.45) is 0.933. The average Bonchev–Trinajstić information content (AvgIpc) is 2.41. The van der Waals surface area contributed by atoms with Crippen molar-refractivity contribution in [3.8, 4) is 0 Å². The van der Waals surface area contributed by atoms with E-state index in [0.29, 0.717) is 35.5 Å². The number of piperidine rings is 1. The summed E-state index contributed by atoms with van der Waals surface area (Å²) in [7, 11) is -1.65. The molecule has 1 aromatic rings. The second kappa shape index (κ2) is 5.51. The predicted octanol–water partition coefficient (Wildman–Crippen LogP) is 2.39. The lowest BCUT2D eigenvalue weighted by Crippen LogP contribution is -2.42. The van der Waals surface area contributed by atoms with Crippen LogP contribution in [0, 0.1) is 11.8 Å². The van der Waals surface area contributed by atoms with Gasteiger partial charge in [-0.05, 0) is 30.4 Å². The molecule has 0 spiro atoms. The van der Waals surface area contributed by atoms with Gasteiger partial charge in [-0.1, -0.05) is 26.0 Å². The lowest BCUT2D eigenvalue weighted by Gasteiger charge is -2.34. The van der Waals surface area contributed by atoms with E-state index in [2.05, 4.69) is 19.2 Å². The Labute approximate surface area is 115 Å². The van der Waals surface area contributed by atoms with Gasteiger partial charge in [0.25, 0.3) is 0 Å². The molecule has 106 valence electrons. The van der Waals surface area contributed by atoms with Gasteiger partial charge in [0.05, 0.1) is 5.69 Å². The van der Waals surface area contributed by atoms with Crippen molar-refractivity contribution >= 4 is 15.7 Å². The Kier molecular flexibility index (Phi) is 4.16. The second-order valence-corrected chi connectivity index (χ2v) is 7.26. The van der Waals surface area contributed by atoms with Crippen LogP contribution in [0.4, 0.5) is 5.69 Å². The van der Waals surface area contributed by atoms with Crippen LogP contribution >= 0.6 is 0 Å². The van der Waals surface area contributed by atoms with Crippen molar-refractivity contribution < 1.29 is 8.42 Å². The van der Waals surface area contributed by atoms with Crippen LogP contribution in [0.25, 0.3) is 0 Å². The summed E-state index contributed by atoms with van der Waals surface area (Å²) in [5, 5.41) is 2.95. The van der Waals surface area contributed by atoms with Gasteiger partial charge in [0.2, 0.25) is 10.0 Å². The highest BCUT2D eigenvalue weighted by Crippen LogP contribution is 2.30. The fourth-order valence-corrected chi connectivity index (χ4v) is 4.23. The van der Waals surface area contributed by atoms with E-state index < -0.39 is 10.0 Å². The number of sulfonamides is 1. The van der Waals surface area contributed by atoms with E-state index in [-0.39, 0.29) is 0 Å². The average molecular weight is 282 g/mol. The van der Waals surface area contributed by atoms with Gasteiger partial charge in [-0.3, -0.25) is 0 Å². The summed E-state index contributed by atoms with van der Waals surface area (Å²) < 4.78 is 27.0. The van der Waals surface area contributed by atoms with Crippen LogP contribution in [-0.4, -0.2) is 32.9 Å². The van der Waals surface area contributed by atoms with Gasteiger partial charge in [0.15, 0.2) is 0 Å². The van der Waals surface area contributed by atoms with Crippen LogP contribution in [-0.2, 0) is 10.0 Å². The van der Waals surface area contributed by atoms with Crippen molar-refractivity contribution in [3.05, 3.63) is 24.3 Å². The minimum Gasteiger partial charge on any atom is -0.387 e. The van der Waals surface area contributed by atoms with E-state index in [0.717, 1.165) is 6.42 Å². The Bertz CT molecular complexity index is 542. The third-order valence-corrected chi connectivity index (χ3v) is 5.99. The molecule has 4 nitrogen and oxygen atoms in total. The minimum atomic E-state index is -3.39. The van der Waals surface area contributed by atoms with E-state index in [1.54, 1.807) is 29.6 Å². The first-order chi connectivity index (χ1) is 8.96. The zero-order valence-electron chi connectivity index (χ0n) is 11.8. The molecule has 0 aromatic heterocycles. The molecule has 1 heterocycles. The molecule has 19 heavy (non-hydrogen) atoms. The standard InChI is InChI=1S/C14H22N2O2S/c1-11-8-9-16(10-12(11)2)19(17,18)14-7-5-4-6-13(14)15-3/h4-7,11-12,15H,8-10H2,1-3H3. The van der Waals surface area contributed by atoms with Gasteiger partial charge in [-0.15, -0.1) is 0 Å². The number of nitrogens with zero attached hydrogens (tertiary/aromatic N) is 1. The van der Waals surface area contributed by atoms with Gasteiger partial charge in [-0.2, -0.15) is 4.31 Å². The molecule has 1 aliphatic rings. The Balaban J connectivity index is 2.32. The molecule has 2 atom stereocenters. The first kappa shape index (κ1) is 14.3. The van der Waals surface area contributed by atoms with E-state index in [4.69, 9.17) is 0 Å². The lowest BCUT2D eigenvalue weighted by atomic mass is 9.90. The van der Waals surface area contributed by atoms with Crippen molar-refractivity contribution in [3.63, 3.8) is 0 Å². The zero-order chi connectivity index (χ0) is 14.0. The molecule has 1 N–H and O–H groups in total. The molecule has 1 saturated heterocycles. The summed E-state index contributed by atoms with van der Waals surface area (Å²) >= 11 is 0. The summed E-state index contributed by atoms with van der Waals surface area (Å²) in [6, 6.07) is 7.07. The Morgan fingerprint density at radius 2 is 1.89 bits per heavy atom. The summed E-state index contributed by atoms with van der Waals surface area (Å²) in [4.78, 5) is 0.374. The van der Waals surface area contributed by atoms with Crippen LogP contribution in [0.3, 0.4) is 0 Å². The van der Waals surface area contributed by atoms with E-state index in [1.165, 1.54) is 0 Å². The number of benzene rings is 1. The highest BCUT2D eigenvalue weighted by Gasteiger charge is 2.32. The van der Waals surface area contributed by atoms with Gasteiger partial charge >= 0.3 is 0 Å². The van der Waals surface area contributed by atoms with Gasteiger partial charge in [0, 0.05) is 20.1 Å². The summed E-state index contributed by atoms with van der Waals surface area (Å²) in [6.45, 7) is 5.54. The maximum Gasteiger partial charge on any atom is 0.245 e. The van der Waals surface area contributed by atoms with Crippen LogP contribution in [0.15, 0.2) is 29.2 Å². The van der Waals surface area contributed by atoms with E-state index in [9.17, 15) is 8.42 Å². The minimum absolute atomic E-state index is 0.374. The fraction of sp³-hybridized carbons (Fsp3) is 0.571. The Hall–Kier alpha value is -1.07. The van der Waals surface area contributed by atoms with Crippen LogP contribution in [0.2, 0.25) is 0 Å². The largest absolute Gasteiger partial charge is 0.387 e. The Morgan fingerprint density at radius 3 is 2.53 bits per heavy atom. The molecule has 2 rings (SSSR count). The topological polar surface area (TPSA) is 49.4 Å². The van der Waals surface area contributed by atoms with E-state index >= 15 is 0 Å². The molecular formula is C14H22N2O2S. The van der Waals surface area contributed by atoms with Crippen molar-refractivity contribution in [2.45, 2.75) is 25.2 Å². The number of hydrogen-bond donors (Lipinski definition) is 1. The highest BCUT2D eigenvalue weighted by molar-refractivity contribution is 7.89. The monoisotopic (exact) mass is 282 g/mol. The zero-order valence-corrected chi connectivity index (χ0v) is 12.6. The number of nitrogens with one attached hydrogen (secondary N) is 1. The molecule has 1 aromatic carbocycles. The van der Waals surface area contributed by atoms with Crippen molar-refractivity contribution in [2.24, 2.45) is 11.8 Å². The van der Waals surface area contributed by atoms with Gasteiger partial charge in [0.1, 0.15) is 4.90 Å². The molecule has 0 saturated carbocycles. The highest BCUT2D eigenvalue weighted by atomic mass is 32.2. The number of rotatable bonds is 3. The second-order valence-electron chi connectivity index (χ2n) is 5.35. The maximum atomic E-state index is 12.7. The fourth-order valence-electron chi connectivity index (χ4n) is 2.48. The first-order valence-corrected chi connectivity index (χ1v) is 8.17. The molecule has 1 fully saturated rings. The predicted molar refractivity (Wildman–Crippen MR) is 77.7 cm³/mol. The number of hydrogen-bond acceptors (Lipinski definition) is 3. The van der Waals surface area contributed by atoms with Crippen LogP contribution < -0.4 is 5.32 Å². The number of para-hydroxylation sites is 1. The molecular weight excluding hydrogens is 260 g/mol. The molecule has 0 radical (unpaired) electrons. The van der Waals surface area contributed by atoms with Crippen molar-refractivity contribution in [1.29, 1.82) is 0 Å². The molecule has 1 aliphatic heterocycles. The third-order valence-electron chi connectivity index (χ3n) is 4.07. The van der Waals surface area contributed by atoms with E-state index in [1.807, 2.05) is 6.07 Å². The number of anilines is 1. The molecule has 2 unspecified atom stereocenters. The van der Waals surface area contributed by atoms with Gasteiger partial charge in [-0.25, -0.2) is 8.42 Å². The van der Waals surface area contributed by atoms with Crippen LogP contribution in [0.1, 0.15) is 20.3 Å². The lowest BCUT2D eigenvalue weighted by molar-refractivity contribution is 0.212. The van der Waals surface area contributed by atoms with Crippen molar-refractivity contribution in [1.82, 2.24) is 4.31 Å². The molecule has 0 aliphatic carbocycles. The van der Waals surface area contributed by atoms with Crippen LogP contribution in [0.5, 0.6) is 0 Å². The third kappa shape index (κ3) is 2.77. The summed E-state index contributed by atoms with van der Waals surface area (Å²) in [5.41, 5.74) is 0.661. The summed E-state index contributed by atoms with van der Waals surface area (Å²) in [5.74, 6) is 0.997. The molecule has 0 amide bonds. The van der Waals surface area contributed by atoms with Gasteiger partial charge < -0.3 is 5.32 Å². The molecule has 5 heteroatoms.